The lowest BCUT2D eigenvalue weighted by atomic mass is 10.2. The summed E-state index contributed by atoms with van der Waals surface area (Å²) >= 11 is 17.8. The first-order valence-electron chi connectivity index (χ1n) is 7.64. The summed E-state index contributed by atoms with van der Waals surface area (Å²) in [6.07, 6.45) is 0.902. The van der Waals surface area contributed by atoms with E-state index in [0.717, 1.165) is 5.69 Å². The highest BCUT2D eigenvalue weighted by Gasteiger charge is 2.13. The number of carbonyl (C=O) groups is 2. The zero-order valence-electron chi connectivity index (χ0n) is 13.6. The predicted molar refractivity (Wildman–Crippen MR) is 104 cm³/mol. The van der Waals surface area contributed by atoms with Crippen molar-refractivity contribution >= 4 is 58.0 Å². The van der Waals surface area contributed by atoms with Gasteiger partial charge in [0.2, 0.25) is 11.8 Å². The fourth-order valence-electron chi connectivity index (χ4n) is 2.19. The molecule has 0 heterocycles. The SMILES string of the molecule is CN(C(=O)CCCC(=O)Nc1cc(Cl)c(Cl)cc1Cl)c1ccccc1. The third-order valence-corrected chi connectivity index (χ3v) is 4.63. The van der Waals surface area contributed by atoms with Crippen molar-refractivity contribution in [3.05, 3.63) is 57.5 Å². The molecule has 0 aliphatic heterocycles. The molecule has 0 bridgehead atoms. The third kappa shape index (κ3) is 5.63. The van der Waals surface area contributed by atoms with Crippen LogP contribution in [0.1, 0.15) is 19.3 Å². The Morgan fingerprint density at radius 2 is 1.60 bits per heavy atom. The van der Waals surface area contributed by atoms with Crippen LogP contribution in [0.25, 0.3) is 0 Å². The number of hydrogen-bond donors (Lipinski definition) is 1. The van der Waals surface area contributed by atoms with Gasteiger partial charge in [0.05, 0.1) is 20.8 Å². The van der Waals surface area contributed by atoms with Crippen LogP contribution in [0.5, 0.6) is 0 Å². The summed E-state index contributed by atoms with van der Waals surface area (Å²) in [6, 6.07) is 12.3. The zero-order valence-corrected chi connectivity index (χ0v) is 15.8. The van der Waals surface area contributed by atoms with E-state index in [1.54, 1.807) is 11.9 Å². The molecule has 1 N–H and O–H groups in total. The topological polar surface area (TPSA) is 49.4 Å². The first-order chi connectivity index (χ1) is 11.9. The quantitative estimate of drug-likeness (QED) is 0.659. The maximum Gasteiger partial charge on any atom is 0.226 e. The third-order valence-electron chi connectivity index (χ3n) is 3.60. The molecule has 2 aromatic carbocycles. The Bertz CT molecular complexity index is 766. The highest BCUT2D eigenvalue weighted by Crippen LogP contribution is 2.32. The molecule has 0 saturated heterocycles. The first kappa shape index (κ1) is 19.6. The number of benzene rings is 2. The van der Waals surface area contributed by atoms with Gasteiger partial charge in [0.1, 0.15) is 0 Å². The van der Waals surface area contributed by atoms with E-state index >= 15 is 0 Å². The van der Waals surface area contributed by atoms with E-state index in [4.69, 9.17) is 34.8 Å². The number of hydrogen-bond acceptors (Lipinski definition) is 2. The van der Waals surface area contributed by atoms with Crippen LogP contribution in [0, 0.1) is 0 Å². The highest BCUT2D eigenvalue weighted by atomic mass is 35.5. The van der Waals surface area contributed by atoms with Gasteiger partial charge >= 0.3 is 0 Å². The lowest BCUT2D eigenvalue weighted by Crippen LogP contribution is -2.26. The van der Waals surface area contributed by atoms with Crippen LogP contribution in [0.3, 0.4) is 0 Å². The Morgan fingerprint density at radius 3 is 2.28 bits per heavy atom. The van der Waals surface area contributed by atoms with Gasteiger partial charge < -0.3 is 10.2 Å². The molecule has 2 aromatic rings. The molecule has 0 saturated carbocycles. The number of nitrogens with one attached hydrogen (secondary N) is 1. The largest absolute Gasteiger partial charge is 0.325 e. The average molecular weight is 400 g/mol. The summed E-state index contributed by atoms with van der Waals surface area (Å²) in [7, 11) is 1.72. The summed E-state index contributed by atoms with van der Waals surface area (Å²) < 4.78 is 0. The fourth-order valence-corrected chi connectivity index (χ4v) is 2.79. The highest BCUT2D eigenvalue weighted by molar-refractivity contribution is 6.44. The molecule has 0 aliphatic rings. The number of carbonyl (C=O) groups excluding carboxylic acids is 2. The van der Waals surface area contributed by atoms with Gasteiger partial charge in [-0.3, -0.25) is 9.59 Å². The van der Waals surface area contributed by atoms with E-state index < -0.39 is 0 Å². The summed E-state index contributed by atoms with van der Waals surface area (Å²) in [6.45, 7) is 0. The summed E-state index contributed by atoms with van der Waals surface area (Å²) in [5, 5.41) is 3.61. The Kier molecular flexibility index (Phi) is 7.12. The van der Waals surface area contributed by atoms with Crippen molar-refractivity contribution in [2.75, 3.05) is 17.3 Å². The fraction of sp³-hybridized carbons (Fsp3) is 0.222. The van der Waals surface area contributed by atoms with Gasteiger partial charge in [-0.25, -0.2) is 0 Å². The van der Waals surface area contributed by atoms with E-state index in [1.165, 1.54) is 12.1 Å². The molecular formula is C18H17Cl3N2O2. The monoisotopic (exact) mass is 398 g/mol. The molecule has 0 radical (unpaired) electrons. The van der Waals surface area contributed by atoms with Crippen molar-refractivity contribution in [3.63, 3.8) is 0 Å². The molecule has 2 rings (SSSR count). The molecule has 0 atom stereocenters. The van der Waals surface area contributed by atoms with Gasteiger partial charge in [-0.1, -0.05) is 53.0 Å². The maximum absolute atomic E-state index is 12.2. The molecule has 0 spiro atoms. The number of nitrogens with zero attached hydrogens (tertiary/aromatic N) is 1. The number of anilines is 2. The van der Waals surface area contributed by atoms with Crippen LogP contribution in [-0.2, 0) is 9.59 Å². The lowest BCUT2D eigenvalue weighted by molar-refractivity contribution is -0.118. The molecule has 0 unspecified atom stereocenters. The van der Waals surface area contributed by atoms with E-state index in [2.05, 4.69) is 5.32 Å². The van der Waals surface area contributed by atoms with Gasteiger partial charge in [-0.05, 0) is 30.7 Å². The number of rotatable bonds is 6. The molecule has 0 aliphatic carbocycles. The molecule has 7 heteroatoms. The van der Waals surface area contributed by atoms with Crippen molar-refractivity contribution in [1.29, 1.82) is 0 Å². The average Bonchev–Trinajstić information content (AvgIpc) is 2.59. The minimum absolute atomic E-state index is 0.0495. The Balaban J connectivity index is 1.82. The predicted octanol–water partition coefficient (Wildman–Crippen LogP) is 5.42. The van der Waals surface area contributed by atoms with Gasteiger partial charge in [-0.15, -0.1) is 0 Å². The summed E-state index contributed by atoms with van der Waals surface area (Å²) in [4.78, 5) is 25.7. The smallest absolute Gasteiger partial charge is 0.226 e. The van der Waals surface area contributed by atoms with Crippen molar-refractivity contribution in [3.8, 4) is 0 Å². The maximum atomic E-state index is 12.2. The van der Waals surface area contributed by atoms with Gasteiger partial charge in [0, 0.05) is 25.6 Å². The van der Waals surface area contributed by atoms with Crippen LogP contribution in [0.4, 0.5) is 11.4 Å². The normalized spacial score (nSPS) is 10.4. The van der Waals surface area contributed by atoms with Crippen molar-refractivity contribution in [2.45, 2.75) is 19.3 Å². The minimum atomic E-state index is -0.240. The Hall–Kier alpha value is -1.75. The van der Waals surface area contributed by atoms with Crippen LogP contribution < -0.4 is 10.2 Å². The molecule has 0 aromatic heterocycles. The lowest BCUT2D eigenvalue weighted by Gasteiger charge is -2.17. The van der Waals surface area contributed by atoms with Crippen molar-refractivity contribution < 1.29 is 9.59 Å². The Labute approximate surface area is 161 Å². The second-order valence-electron chi connectivity index (χ2n) is 5.44. The van der Waals surface area contributed by atoms with Gasteiger partial charge in [0.15, 0.2) is 0 Å². The van der Waals surface area contributed by atoms with E-state index in [-0.39, 0.29) is 24.7 Å². The van der Waals surface area contributed by atoms with Crippen LogP contribution in [0.15, 0.2) is 42.5 Å². The molecule has 4 nitrogen and oxygen atoms in total. The van der Waals surface area contributed by atoms with Crippen LogP contribution in [-0.4, -0.2) is 18.9 Å². The van der Waals surface area contributed by atoms with Crippen molar-refractivity contribution in [1.82, 2.24) is 0 Å². The number of para-hydroxylation sites is 1. The second-order valence-corrected chi connectivity index (χ2v) is 6.66. The molecular weight excluding hydrogens is 383 g/mol. The van der Waals surface area contributed by atoms with Gasteiger partial charge in [-0.2, -0.15) is 0 Å². The Morgan fingerprint density at radius 1 is 0.960 bits per heavy atom. The van der Waals surface area contributed by atoms with E-state index in [1.807, 2.05) is 30.3 Å². The zero-order chi connectivity index (χ0) is 18.4. The van der Waals surface area contributed by atoms with Crippen LogP contribution in [0.2, 0.25) is 15.1 Å². The summed E-state index contributed by atoms with van der Waals surface area (Å²) in [5.41, 5.74) is 1.22. The molecule has 25 heavy (non-hydrogen) atoms. The molecule has 2 amide bonds. The van der Waals surface area contributed by atoms with Crippen molar-refractivity contribution in [2.24, 2.45) is 0 Å². The first-order valence-corrected chi connectivity index (χ1v) is 8.78. The van der Waals surface area contributed by atoms with E-state index in [0.29, 0.717) is 27.2 Å². The van der Waals surface area contributed by atoms with E-state index in [9.17, 15) is 9.59 Å². The summed E-state index contributed by atoms with van der Waals surface area (Å²) in [5.74, 6) is -0.290. The molecule has 132 valence electrons. The minimum Gasteiger partial charge on any atom is -0.325 e. The standard InChI is InChI=1S/C18H17Cl3N2O2/c1-23(12-6-3-2-4-7-12)18(25)9-5-8-17(24)22-16-11-14(20)13(19)10-15(16)21/h2-4,6-7,10-11H,5,8-9H2,1H3,(H,22,24). The van der Waals surface area contributed by atoms with Crippen LogP contribution >= 0.6 is 34.8 Å². The molecule has 0 fully saturated rings. The van der Waals surface area contributed by atoms with Gasteiger partial charge in [0.25, 0.3) is 0 Å². The second kappa shape index (κ2) is 9.09. The number of halogens is 3. The number of amides is 2.